The van der Waals surface area contributed by atoms with Crippen LogP contribution in [0.2, 0.25) is 15.1 Å². The summed E-state index contributed by atoms with van der Waals surface area (Å²) in [4.78, 5) is 80.7. The quantitative estimate of drug-likeness (QED) is 0.0578. The van der Waals surface area contributed by atoms with Gasteiger partial charge in [0.25, 0.3) is 0 Å². The molecule has 8 aliphatic rings. The third-order valence-electron chi connectivity index (χ3n) is 23.7. The number of hydrogen-bond donors (Lipinski definition) is 10. The number of carbonyl (C=O) groups is 5. The zero-order valence-corrected chi connectivity index (χ0v) is 72.1. The number of halogens is 3. The summed E-state index contributed by atoms with van der Waals surface area (Å²) in [5.41, 5.74) is 24.8. The van der Waals surface area contributed by atoms with Crippen molar-refractivity contribution in [3.63, 3.8) is 0 Å². The molecule has 13 heterocycles. The molecule has 0 saturated heterocycles. The number of carbonyl (C=O) groups excluding carboxylic acids is 5. The molecule has 2 atom stereocenters. The Morgan fingerprint density at radius 2 is 0.802 bits per heavy atom. The van der Waals surface area contributed by atoms with E-state index in [0.29, 0.717) is 115 Å². The SMILES string of the molecule is CC1CCCC(NC(=O)N2CCc3[nH]nc(-c4ccccc4)c3C2)C1.Cn1ccc(-c2n[nH]c3c2CN(C(=O)Nc2cccc(Cl)c2)CC3)n1.O=C(Nc1cccc(C2CC2)c1)N1CCc2[nH]nc(-c3ccccc3)c2C1.O=C(Nc1cccc(Cl)c1)N1CCc2[nH]nc(-c3ccncc3)c2C1.O=C(Nc1cccc(Cl)c1)N1CCc2[nH]nc(C3=CC=NC3)c2C1. The maximum Gasteiger partial charge on any atom is 0.322 e. The van der Waals surface area contributed by atoms with Crippen LogP contribution in [0.25, 0.3) is 50.7 Å². The minimum absolute atomic E-state index is 0.0474. The van der Waals surface area contributed by atoms with E-state index in [0.717, 1.165) is 170 Å². The molecule has 32 heteroatoms. The number of aromatic nitrogens is 13. The second-order valence-electron chi connectivity index (χ2n) is 32.6. The van der Waals surface area contributed by atoms with Crippen molar-refractivity contribution in [2.75, 3.05) is 60.5 Å². The van der Waals surface area contributed by atoms with E-state index in [9.17, 15) is 24.0 Å². The van der Waals surface area contributed by atoms with Crippen LogP contribution in [0.15, 0.2) is 206 Å². The molecule has 0 bridgehead atoms. The first kappa shape index (κ1) is 84.6. The number of aromatic amines is 5. The summed E-state index contributed by atoms with van der Waals surface area (Å²) >= 11 is 17.9. The molecule has 10 amide bonds. The fourth-order valence-electron chi connectivity index (χ4n) is 16.9. The summed E-state index contributed by atoms with van der Waals surface area (Å²) in [6, 6.07) is 55.7. The Bertz CT molecular complexity index is 6110. The van der Waals surface area contributed by atoms with E-state index in [2.05, 4.69) is 136 Å². The molecule has 21 rings (SSSR count). The zero-order chi connectivity index (χ0) is 86.6. The van der Waals surface area contributed by atoms with Gasteiger partial charge in [-0.2, -0.15) is 30.6 Å². The van der Waals surface area contributed by atoms with E-state index in [1.54, 1.807) is 74.4 Å². The highest BCUT2D eigenvalue weighted by Gasteiger charge is 2.34. The number of aliphatic imine (C=N–C) groups is 1. The van der Waals surface area contributed by atoms with E-state index >= 15 is 0 Å². The van der Waals surface area contributed by atoms with Gasteiger partial charge >= 0.3 is 30.2 Å². The Balaban J connectivity index is 0.000000111. The molecular formula is C94H97Cl3N24O5. The summed E-state index contributed by atoms with van der Waals surface area (Å²) in [5, 5.41) is 59.0. The number of allylic oxidation sites excluding steroid dienone is 1. The van der Waals surface area contributed by atoms with Gasteiger partial charge in [0.05, 0.1) is 62.0 Å². The number of nitrogens with zero attached hydrogens (tertiary/aromatic N) is 14. The molecule has 0 spiro atoms. The number of aryl methyl sites for hydroxylation is 1. The fraction of sp³-hybridized carbons (Fsp3) is 0.287. The molecule has 2 unspecified atom stereocenters. The standard InChI is InChI=1S/C22H22N4O.C20H26N4O.C18H16ClN5O.C17H17ClN6O.C17H16ClN5O/c27-22(23-18-8-4-7-17(13-18)15-9-10-15)26-12-11-20-19(14-26)21(25-24-20)16-5-2-1-3-6-16;1-14-6-5-9-16(12-14)21-20(25)24-11-10-18-17(13-24)19(23-22-18)15-7-3-2-4-8-15;19-13-2-1-3-14(10-13)21-18(25)24-9-6-16-15(11-24)17(23-22-16)12-4-7-20-8-5-12;1-23-7-5-15(22-23)16-13-10-24(8-6-14(13)20-21-16)17(25)19-12-4-2-3-11(18)9-12;18-12-2-1-3-13(8-12)20-17(24)23-7-5-15-14(10-23)16(22-21-15)11-4-6-19-9-11/h1-8,13,15H,9-12,14H2,(H,23,27)(H,24,25);2-4,7-8,14,16H,5-6,9-13H2,1H3,(H,21,25)(H,22,23);1-5,7-8,10H,6,9,11H2,(H,21,25)(H,22,23);2-5,7,9H,6,8,10H2,1H3,(H,19,25)(H,20,21);1-4,6,8H,5,7,9-10H2,(H,20,24)(H,21,22). The number of pyridine rings is 1. The predicted molar refractivity (Wildman–Crippen MR) is 490 cm³/mol. The Hall–Kier alpha value is -13.6. The van der Waals surface area contributed by atoms with Gasteiger partial charge in [0, 0.05) is 219 Å². The lowest BCUT2D eigenvalue weighted by atomic mass is 9.87. The van der Waals surface area contributed by atoms with Crippen molar-refractivity contribution in [2.45, 2.75) is 122 Å². The summed E-state index contributed by atoms with van der Waals surface area (Å²) in [7, 11) is 1.87. The van der Waals surface area contributed by atoms with Gasteiger partial charge in [-0.15, -0.1) is 0 Å². The van der Waals surface area contributed by atoms with Crippen molar-refractivity contribution in [1.29, 1.82) is 0 Å². The zero-order valence-electron chi connectivity index (χ0n) is 69.9. The summed E-state index contributed by atoms with van der Waals surface area (Å²) < 4.78 is 1.74. The van der Waals surface area contributed by atoms with Crippen molar-refractivity contribution in [1.82, 2.24) is 95.6 Å². The van der Waals surface area contributed by atoms with E-state index in [1.807, 2.05) is 132 Å². The Morgan fingerprint density at radius 1 is 0.413 bits per heavy atom. The molecule has 10 N–H and O–H groups in total. The molecule has 6 aliphatic heterocycles. The van der Waals surface area contributed by atoms with Crippen LogP contribution in [0, 0.1) is 5.92 Å². The highest BCUT2D eigenvalue weighted by Crippen LogP contribution is 2.41. The van der Waals surface area contributed by atoms with Gasteiger partial charge in [0.15, 0.2) is 0 Å². The molecular weight excluding hydrogens is 1650 g/mol. The maximum absolute atomic E-state index is 12.8. The highest BCUT2D eigenvalue weighted by atomic mass is 35.5. The normalized spacial score (nSPS) is 16.5. The van der Waals surface area contributed by atoms with Crippen LogP contribution in [-0.4, -0.2) is 172 Å². The monoisotopic (exact) mass is 1750 g/mol. The van der Waals surface area contributed by atoms with Crippen molar-refractivity contribution in [2.24, 2.45) is 18.0 Å². The number of H-pyrrole nitrogens is 5. The maximum atomic E-state index is 12.8. The third kappa shape index (κ3) is 20.6. The van der Waals surface area contributed by atoms with E-state index in [1.165, 1.54) is 31.2 Å². The average Bonchev–Trinajstić information content (AvgIpc) is 1.66. The molecule has 126 heavy (non-hydrogen) atoms. The number of anilines is 4. The van der Waals surface area contributed by atoms with Gasteiger partial charge in [-0.25, -0.2) is 24.0 Å². The molecule has 29 nitrogen and oxygen atoms in total. The van der Waals surface area contributed by atoms with Crippen LogP contribution in [-0.2, 0) is 71.9 Å². The Morgan fingerprint density at radius 3 is 1.20 bits per heavy atom. The topological polar surface area (TPSA) is 348 Å². The van der Waals surface area contributed by atoms with Crippen molar-refractivity contribution >= 4 is 99.5 Å². The smallest absolute Gasteiger partial charge is 0.322 e. The first-order valence-electron chi connectivity index (χ1n) is 42.7. The van der Waals surface area contributed by atoms with Gasteiger partial charge in [0.2, 0.25) is 0 Å². The third-order valence-corrected chi connectivity index (χ3v) is 24.4. The Kier molecular flexibility index (Phi) is 26.2. The first-order chi connectivity index (χ1) is 61.5. The summed E-state index contributed by atoms with van der Waals surface area (Å²) in [6.07, 6.45) is 20.2. The van der Waals surface area contributed by atoms with Crippen LogP contribution >= 0.6 is 34.8 Å². The largest absolute Gasteiger partial charge is 0.335 e. The van der Waals surface area contributed by atoms with E-state index < -0.39 is 0 Å². The molecule has 644 valence electrons. The number of benzene rings is 6. The van der Waals surface area contributed by atoms with Crippen molar-refractivity contribution in [3.05, 3.63) is 283 Å². The van der Waals surface area contributed by atoms with E-state index in [-0.39, 0.29) is 30.2 Å². The van der Waals surface area contributed by atoms with Crippen molar-refractivity contribution < 1.29 is 24.0 Å². The van der Waals surface area contributed by atoms with Gasteiger partial charge in [-0.1, -0.05) is 146 Å². The Labute approximate surface area is 743 Å². The lowest BCUT2D eigenvalue weighted by Crippen LogP contribution is -2.47. The van der Waals surface area contributed by atoms with Crippen LogP contribution in [0.4, 0.5) is 46.7 Å². The first-order valence-corrected chi connectivity index (χ1v) is 43.8. The van der Waals surface area contributed by atoms with Gasteiger partial charge < -0.3 is 51.1 Å². The number of amides is 10. The molecule has 0 radical (unpaired) electrons. The number of urea groups is 5. The number of hydrogen-bond acceptors (Lipinski definition) is 13. The second-order valence-corrected chi connectivity index (χ2v) is 33.9. The number of rotatable bonds is 11. The van der Waals surface area contributed by atoms with Gasteiger partial charge in [-0.3, -0.25) is 40.2 Å². The van der Waals surface area contributed by atoms with Gasteiger partial charge in [0.1, 0.15) is 11.4 Å². The van der Waals surface area contributed by atoms with Crippen LogP contribution in [0.5, 0.6) is 0 Å². The van der Waals surface area contributed by atoms with Crippen molar-refractivity contribution in [3.8, 4) is 45.2 Å². The van der Waals surface area contributed by atoms with Crippen LogP contribution in [0.3, 0.4) is 0 Å². The molecule has 13 aromatic rings. The summed E-state index contributed by atoms with van der Waals surface area (Å²) in [6.45, 7) is 9.01. The van der Waals surface area contributed by atoms with Crippen LogP contribution in [0.1, 0.15) is 119 Å². The summed E-state index contributed by atoms with van der Waals surface area (Å²) in [5.74, 6) is 1.39. The number of fused-ring (bicyclic) bond motifs is 5. The van der Waals surface area contributed by atoms with E-state index in [4.69, 9.17) is 34.8 Å². The molecule has 2 saturated carbocycles. The fourth-order valence-corrected chi connectivity index (χ4v) is 17.5. The minimum Gasteiger partial charge on any atom is -0.335 e. The molecule has 2 fully saturated rings. The lowest BCUT2D eigenvalue weighted by Gasteiger charge is -2.32. The second kappa shape index (κ2) is 39.1. The lowest BCUT2D eigenvalue weighted by molar-refractivity contribution is 0.181. The molecule has 6 aromatic carbocycles. The highest BCUT2D eigenvalue weighted by molar-refractivity contribution is 6.31. The average molecular weight is 1750 g/mol. The number of nitrogens with one attached hydrogen (secondary N) is 10. The van der Waals surface area contributed by atoms with Crippen LogP contribution < -0.4 is 26.6 Å². The molecule has 2 aliphatic carbocycles. The molecule has 7 aromatic heterocycles. The van der Waals surface area contributed by atoms with Gasteiger partial charge in [-0.05, 0) is 134 Å². The minimum atomic E-state index is -0.152. The predicted octanol–water partition coefficient (Wildman–Crippen LogP) is 18.2.